The lowest BCUT2D eigenvalue weighted by Gasteiger charge is -2.09. The lowest BCUT2D eigenvalue weighted by molar-refractivity contribution is 0.340. The molecule has 0 aliphatic carbocycles. The third-order valence-corrected chi connectivity index (χ3v) is 2.03. The van der Waals surface area contributed by atoms with Crippen molar-refractivity contribution in [3.63, 3.8) is 0 Å². The summed E-state index contributed by atoms with van der Waals surface area (Å²) in [5.41, 5.74) is 0.867. The maximum atomic E-state index is 9.68. The first-order chi connectivity index (χ1) is 7.72. The van der Waals surface area contributed by atoms with Crippen molar-refractivity contribution in [2.75, 3.05) is 21.3 Å². The molecule has 86 valence electrons. The number of nitrogens with zero attached hydrogens (tertiary/aromatic N) is 1. The van der Waals surface area contributed by atoms with Crippen LogP contribution in [0.4, 0.5) is 0 Å². The van der Waals surface area contributed by atoms with Gasteiger partial charge in [0.05, 0.1) is 14.2 Å². The third-order valence-electron chi connectivity index (χ3n) is 2.03. The van der Waals surface area contributed by atoms with Crippen LogP contribution >= 0.6 is 0 Å². The van der Waals surface area contributed by atoms with Crippen molar-refractivity contribution >= 4 is 12.3 Å². The Hall–Kier alpha value is -1.97. The van der Waals surface area contributed by atoms with Gasteiger partial charge in [-0.25, -0.2) is 0 Å². The van der Waals surface area contributed by atoms with Gasteiger partial charge in [0.15, 0.2) is 11.5 Å². The van der Waals surface area contributed by atoms with E-state index < -0.39 is 0 Å². The van der Waals surface area contributed by atoms with Gasteiger partial charge in [0.2, 0.25) is 5.75 Å². The van der Waals surface area contributed by atoms with Crippen LogP contribution < -0.4 is 9.47 Å². The second-order valence-corrected chi connectivity index (χ2v) is 3.04. The Balaban J connectivity index is 3.11. The average Bonchev–Trinajstić information content (AvgIpc) is 2.31. The summed E-state index contributed by atoms with van der Waals surface area (Å²) in [6, 6.07) is 3.44. The van der Waals surface area contributed by atoms with Crippen LogP contribution in [0.15, 0.2) is 23.2 Å². The molecule has 0 spiro atoms. The molecule has 0 atom stereocenters. The van der Waals surface area contributed by atoms with Gasteiger partial charge in [-0.2, -0.15) is 0 Å². The lowest BCUT2D eigenvalue weighted by Crippen LogP contribution is -1.90. The molecule has 0 aliphatic rings. The van der Waals surface area contributed by atoms with Gasteiger partial charge >= 0.3 is 0 Å². The zero-order chi connectivity index (χ0) is 12.0. The fourth-order valence-electron chi connectivity index (χ4n) is 1.25. The van der Waals surface area contributed by atoms with Gasteiger partial charge in [0.1, 0.15) is 0 Å². The Bertz CT molecular complexity index is 386. The minimum Gasteiger partial charge on any atom is -0.502 e. The molecule has 0 aliphatic heterocycles. The Kier molecular flexibility index (Phi) is 4.39. The molecule has 4 nitrogen and oxygen atoms in total. The number of rotatable bonds is 4. The highest BCUT2D eigenvalue weighted by Gasteiger charge is 2.09. The van der Waals surface area contributed by atoms with Crippen molar-refractivity contribution in [1.29, 1.82) is 0 Å². The van der Waals surface area contributed by atoms with Crippen molar-refractivity contribution in [3.8, 4) is 17.2 Å². The predicted molar refractivity (Wildman–Crippen MR) is 64.7 cm³/mol. The maximum absolute atomic E-state index is 9.68. The molecule has 1 rings (SSSR count). The summed E-state index contributed by atoms with van der Waals surface area (Å²) in [4.78, 5) is 3.83. The summed E-state index contributed by atoms with van der Waals surface area (Å²) in [6.07, 6.45) is 5.31. The van der Waals surface area contributed by atoms with Gasteiger partial charge in [0.25, 0.3) is 0 Å². The lowest BCUT2D eigenvalue weighted by atomic mass is 10.1. The van der Waals surface area contributed by atoms with Gasteiger partial charge in [-0.1, -0.05) is 6.08 Å². The SMILES string of the molecule is CN=C/C=C/c1cc(OC)c(O)c(OC)c1. The molecule has 1 N–H and O–H groups in total. The van der Waals surface area contributed by atoms with E-state index in [9.17, 15) is 5.11 Å². The number of phenols is 1. The quantitative estimate of drug-likeness (QED) is 0.792. The Morgan fingerprint density at radius 1 is 1.19 bits per heavy atom. The smallest absolute Gasteiger partial charge is 0.200 e. The van der Waals surface area contributed by atoms with Gasteiger partial charge < -0.3 is 14.6 Å². The molecule has 4 heteroatoms. The molecule has 0 radical (unpaired) electrons. The van der Waals surface area contributed by atoms with Crippen LogP contribution in [0.3, 0.4) is 0 Å². The minimum atomic E-state index is 0.00584. The molecule has 0 aromatic heterocycles. The number of allylic oxidation sites excluding steroid dienone is 1. The normalized spacial score (nSPS) is 11.2. The molecular formula is C12H15NO3. The second-order valence-electron chi connectivity index (χ2n) is 3.04. The molecule has 0 amide bonds. The number of ether oxygens (including phenoxy) is 2. The van der Waals surface area contributed by atoms with E-state index in [2.05, 4.69) is 4.99 Å². The molecule has 0 saturated heterocycles. The fraction of sp³-hybridized carbons (Fsp3) is 0.250. The number of hydrogen-bond acceptors (Lipinski definition) is 4. The van der Waals surface area contributed by atoms with E-state index in [1.165, 1.54) is 14.2 Å². The molecule has 16 heavy (non-hydrogen) atoms. The van der Waals surface area contributed by atoms with Crippen LogP contribution in [-0.4, -0.2) is 32.6 Å². The van der Waals surface area contributed by atoms with Crippen molar-refractivity contribution in [2.45, 2.75) is 0 Å². The van der Waals surface area contributed by atoms with Crippen LogP contribution in [-0.2, 0) is 0 Å². The number of hydrogen-bond donors (Lipinski definition) is 1. The zero-order valence-electron chi connectivity index (χ0n) is 9.60. The topological polar surface area (TPSA) is 51.0 Å². The van der Waals surface area contributed by atoms with Crippen molar-refractivity contribution in [1.82, 2.24) is 0 Å². The van der Waals surface area contributed by atoms with Gasteiger partial charge in [-0.15, -0.1) is 0 Å². The Labute approximate surface area is 94.8 Å². The van der Waals surface area contributed by atoms with E-state index in [-0.39, 0.29) is 5.75 Å². The summed E-state index contributed by atoms with van der Waals surface area (Å²) in [5, 5.41) is 9.68. The molecule has 0 heterocycles. The fourth-order valence-corrected chi connectivity index (χ4v) is 1.25. The number of phenolic OH excluding ortho intramolecular Hbond substituents is 1. The molecule has 0 fully saturated rings. The van der Waals surface area contributed by atoms with Crippen molar-refractivity contribution < 1.29 is 14.6 Å². The highest BCUT2D eigenvalue weighted by Crippen LogP contribution is 2.37. The second kappa shape index (κ2) is 5.80. The predicted octanol–water partition coefficient (Wildman–Crippen LogP) is 2.12. The number of aromatic hydroxyl groups is 1. The van der Waals surface area contributed by atoms with E-state index in [1.807, 2.05) is 6.08 Å². The highest BCUT2D eigenvalue weighted by molar-refractivity contribution is 5.78. The first kappa shape index (κ1) is 12.1. The van der Waals surface area contributed by atoms with Crippen LogP contribution in [0.5, 0.6) is 17.2 Å². The van der Waals surface area contributed by atoms with Crippen molar-refractivity contribution in [2.24, 2.45) is 4.99 Å². The number of benzene rings is 1. The van der Waals surface area contributed by atoms with E-state index in [1.54, 1.807) is 31.5 Å². The largest absolute Gasteiger partial charge is 0.502 e. The van der Waals surface area contributed by atoms with Gasteiger partial charge in [0, 0.05) is 13.3 Å². The standard InChI is InChI=1S/C12H15NO3/c1-13-6-4-5-9-7-10(15-2)12(14)11(8-9)16-3/h4-8,14H,1-3H3/b5-4+,13-6?. The Morgan fingerprint density at radius 3 is 2.19 bits per heavy atom. The molecule has 1 aromatic carbocycles. The van der Waals surface area contributed by atoms with E-state index in [0.29, 0.717) is 11.5 Å². The molecule has 0 saturated carbocycles. The van der Waals surface area contributed by atoms with Crippen LogP contribution in [0.2, 0.25) is 0 Å². The molecular weight excluding hydrogens is 206 g/mol. The summed E-state index contributed by atoms with van der Waals surface area (Å²) in [5.74, 6) is 0.770. The third kappa shape index (κ3) is 2.76. The average molecular weight is 221 g/mol. The number of aliphatic imine (C=N–C) groups is 1. The van der Waals surface area contributed by atoms with Crippen LogP contribution in [0, 0.1) is 0 Å². The Morgan fingerprint density at radius 2 is 1.75 bits per heavy atom. The monoisotopic (exact) mass is 221 g/mol. The molecule has 0 bridgehead atoms. The maximum Gasteiger partial charge on any atom is 0.200 e. The van der Waals surface area contributed by atoms with Crippen molar-refractivity contribution in [3.05, 3.63) is 23.8 Å². The molecule has 1 aromatic rings. The van der Waals surface area contributed by atoms with E-state index >= 15 is 0 Å². The molecule has 0 unspecified atom stereocenters. The summed E-state index contributed by atoms with van der Waals surface area (Å²) in [7, 11) is 4.69. The van der Waals surface area contributed by atoms with E-state index in [0.717, 1.165) is 5.56 Å². The van der Waals surface area contributed by atoms with E-state index in [4.69, 9.17) is 9.47 Å². The summed E-state index contributed by atoms with van der Waals surface area (Å²) >= 11 is 0. The summed E-state index contributed by atoms with van der Waals surface area (Å²) in [6.45, 7) is 0. The van der Waals surface area contributed by atoms with Crippen LogP contribution in [0.25, 0.3) is 6.08 Å². The number of methoxy groups -OCH3 is 2. The highest BCUT2D eigenvalue weighted by atomic mass is 16.5. The minimum absolute atomic E-state index is 0.00584. The first-order valence-electron chi connectivity index (χ1n) is 4.76. The van der Waals surface area contributed by atoms with Gasteiger partial charge in [-0.3, -0.25) is 4.99 Å². The van der Waals surface area contributed by atoms with Gasteiger partial charge in [-0.05, 0) is 23.8 Å². The van der Waals surface area contributed by atoms with Crippen LogP contribution in [0.1, 0.15) is 5.56 Å². The zero-order valence-corrected chi connectivity index (χ0v) is 9.60. The summed E-state index contributed by atoms with van der Waals surface area (Å²) < 4.78 is 10.1. The first-order valence-corrected chi connectivity index (χ1v) is 4.76.